The van der Waals surface area contributed by atoms with Gasteiger partial charge in [0.05, 0.1) is 0 Å². The third kappa shape index (κ3) is 2.58. The van der Waals surface area contributed by atoms with Crippen LogP contribution >= 0.6 is 15.9 Å². The molecule has 2 bridgehead atoms. The van der Waals surface area contributed by atoms with Crippen molar-refractivity contribution in [2.45, 2.75) is 36.6 Å². The molecule has 1 aromatic rings. The maximum Gasteiger partial charge on any atom is 0.243 e. The van der Waals surface area contributed by atoms with E-state index < -0.39 is 15.8 Å². The second kappa shape index (κ2) is 4.82. The van der Waals surface area contributed by atoms with Crippen molar-refractivity contribution >= 4 is 26.0 Å². The summed E-state index contributed by atoms with van der Waals surface area (Å²) in [5.74, 6) is 0.357. The Morgan fingerprint density at radius 1 is 1.26 bits per heavy atom. The quantitative estimate of drug-likeness (QED) is 0.913. The van der Waals surface area contributed by atoms with Gasteiger partial charge in [-0.15, -0.1) is 0 Å². The van der Waals surface area contributed by atoms with Crippen LogP contribution in [0.1, 0.15) is 25.7 Å². The van der Waals surface area contributed by atoms with Crippen molar-refractivity contribution in [3.63, 3.8) is 0 Å². The summed E-state index contributed by atoms with van der Waals surface area (Å²) >= 11 is 3.12. The molecule has 0 radical (unpaired) electrons. The fourth-order valence-corrected chi connectivity index (χ4v) is 5.06. The summed E-state index contributed by atoms with van der Waals surface area (Å²) in [5.41, 5.74) is 0. The Kier molecular flexibility index (Phi) is 3.43. The van der Waals surface area contributed by atoms with Gasteiger partial charge in [-0.25, -0.2) is 17.5 Å². The summed E-state index contributed by atoms with van der Waals surface area (Å²) in [4.78, 5) is -0.265. The number of hydrogen-bond donors (Lipinski definition) is 1. The largest absolute Gasteiger partial charge is 0.243 e. The number of halogens is 2. The van der Waals surface area contributed by atoms with Gasteiger partial charge in [-0.3, -0.25) is 0 Å². The van der Waals surface area contributed by atoms with E-state index in [-0.39, 0.29) is 10.9 Å². The van der Waals surface area contributed by atoms with Crippen LogP contribution in [0, 0.1) is 17.7 Å². The highest BCUT2D eigenvalue weighted by Crippen LogP contribution is 2.44. The lowest BCUT2D eigenvalue weighted by atomic mass is 9.96. The highest BCUT2D eigenvalue weighted by Gasteiger charge is 2.41. The van der Waals surface area contributed by atoms with Gasteiger partial charge < -0.3 is 0 Å². The van der Waals surface area contributed by atoms with Gasteiger partial charge in [0.25, 0.3) is 0 Å². The molecule has 0 spiro atoms. The Hall–Kier alpha value is -0.460. The SMILES string of the molecule is O=S(=O)(NC1CC2CCC1C2)c1ccc(Br)cc1F. The first-order valence-electron chi connectivity index (χ1n) is 6.43. The molecule has 0 heterocycles. The van der Waals surface area contributed by atoms with Crippen LogP contribution < -0.4 is 4.72 Å². The van der Waals surface area contributed by atoms with Crippen LogP contribution in [-0.2, 0) is 10.0 Å². The molecule has 19 heavy (non-hydrogen) atoms. The molecule has 0 saturated heterocycles. The molecule has 6 heteroatoms. The van der Waals surface area contributed by atoms with E-state index in [1.807, 2.05) is 0 Å². The molecule has 0 aromatic heterocycles. The second-order valence-electron chi connectivity index (χ2n) is 5.48. The molecule has 3 unspecified atom stereocenters. The highest BCUT2D eigenvalue weighted by molar-refractivity contribution is 9.10. The maximum atomic E-state index is 13.8. The Morgan fingerprint density at radius 3 is 2.63 bits per heavy atom. The van der Waals surface area contributed by atoms with Gasteiger partial charge in [-0.2, -0.15) is 0 Å². The molecule has 1 aromatic carbocycles. The molecule has 2 aliphatic rings. The van der Waals surface area contributed by atoms with Crippen LogP contribution in [0.5, 0.6) is 0 Å². The van der Waals surface area contributed by atoms with Crippen molar-refractivity contribution in [3.8, 4) is 0 Å². The zero-order chi connectivity index (χ0) is 13.6. The first kappa shape index (κ1) is 13.5. The summed E-state index contributed by atoms with van der Waals surface area (Å²) in [6, 6.07) is 4.00. The third-order valence-electron chi connectivity index (χ3n) is 4.23. The Morgan fingerprint density at radius 2 is 2.05 bits per heavy atom. The van der Waals surface area contributed by atoms with Gasteiger partial charge >= 0.3 is 0 Å². The minimum absolute atomic E-state index is 0.0215. The van der Waals surface area contributed by atoms with Crippen LogP contribution in [0.3, 0.4) is 0 Å². The smallest absolute Gasteiger partial charge is 0.208 e. The maximum absolute atomic E-state index is 13.8. The molecule has 104 valence electrons. The van der Waals surface area contributed by atoms with Crippen LogP contribution in [-0.4, -0.2) is 14.5 Å². The zero-order valence-corrected chi connectivity index (χ0v) is 12.7. The number of sulfonamides is 1. The lowest BCUT2D eigenvalue weighted by molar-refractivity contribution is 0.389. The number of rotatable bonds is 3. The Bertz CT molecular complexity index is 605. The molecule has 3 nitrogen and oxygen atoms in total. The molecule has 3 atom stereocenters. The normalized spacial score (nSPS) is 29.9. The van der Waals surface area contributed by atoms with Gasteiger partial charge in [0.1, 0.15) is 10.7 Å². The van der Waals surface area contributed by atoms with Crippen molar-refractivity contribution in [1.29, 1.82) is 0 Å². The minimum atomic E-state index is -3.76. The van der Waals surface area contributed by atoms with Crippen molar-refractivity contribution in [1.82, 2.24) is 4.72 Å². The van der Waals surface area contributed by atoms with E-state index in [1.165, 1.54) is 18.6 Å². The summed E-state index contributed by atoms with van der Waals surface area (Å²) in [5, 5.41) is 0. The van der Waals surface area contributed by atoms with E-state index >= 15 is 0 Å². The number of fused-ring (bicyclic) bond motifs is 2. The van der Waals surface area contributed by atoms with Crippen LogP contribution in [0.15, 0.2) is 27.6 Å². The zero-order valence-electron chi connectivity index (χ0n) is 10.3. The van der Waals surface area contributed by atoms with Gasteiger partial charge in [-0.05, 0) is 49.3 Å². The van der Waals surface area contributed by atoms with Crippen LogP contribution in [0.25, 0.3) is 0 Å². The fraction of sp³-hybridized carbons (Fsp3) is 0.538. The first-order chi connectivity index (χ1) is 8.95. The summed E-state index contributed by atoms with van der Waals surface area (Å²) < 4.78 is 41.4. The number of benzene rings is 1. The molecule has 2 saturated carbocycles. The molecule has 1 N–H and O–H groups in total. The fourth-order valence-electron chi connectivity index (χ4n) is 3.34. The standard InChI is InChI=1S/C13H15BrFNO2S/c14-10-3-4-13(11(15)7-10)19(17,18)16-12-6-8-1-2-9(12)5-8/h3-4,7-9,12,16H,1-2,5-6H2. The molecule has 2 aliphatic carbocycles. The molecule has 3 rings (SSSR count). The Balaban J connectivity index is 1.83. The van der Waals surface area contributed by atoms with E-state index in [0.717, 1.165) is 19.3 Å². The van der Waals surface area contributed by atoms with E-state index in [1.54, 1.807) is 6.07 Å². The van der Waals surface area contributed by atoms with E-state index in [0.29, 0.717) is 16.3 Å². The Labute approximate surface area is 120 Å². The van der Waals surface area contributed by atoms with Crippen LogP contribution in [0.4, 0.5) is 4.39 Å². The van der Waals surface area contributed by atoms with Crippen molar-refractivity contribution in [2.75, 3.05) is 0 Å². The molecule has 2 fully saturated rings. The summed E-state index contributed by atoms with van der Waals surface area (Å²) in [6.45, 7) is 0. The average Bonchev–Trinajstić information content (AvgIpc) is 2.89. The predicted molar refractivity (Wildman–Crippen MR) is 73.7 cm³/mol. The molecular weight excluding hydrogens is 333 g/mol. The summed E-state index contributed by atoms with van der Waals surface area (Å²) in [6.07, 6.45) is 4.29. The molecule has 0 amide bonds. The average molecular weight is 348 g/mol. The second-order valence-corrected chi connectivity index (χ2v) is 8.08. The lowest BCUT2D eigenvalue weighted by Gasteiger charge is -2.22. The third-order valence-corrected chi connectivity index (χ3v) is 6.24. The van der Waals surface area contributed by atoms with Crippen LogP contribution in [0.2, 0.25) is 0 Å². The van der Waals surface area contributed by atoms with E-state index in [9.17, 15) is 12.8 Å². The van der Waals surface area contributed by atoms with Gasteiger partial charge in [-0.1, -0.05) is 22.4 Å². The van der Waals surface area contributed by atoms with Crippen molar-refractivity contribution in [3.05, 3.63) is 28.5 Å². The van der Waals surface area contributed by atoms with Gasteiger partial charge in [0.15, 0.2) is 0 Å². The predicted octanol–water partition coefficient (Wildman–Crippen LogP) is 3.06. The van der Waals surface area contributed by atoms with E-state index in [4.69, 9.17) is 0 Å². The summed E-state index contributed by atoms with van der Waals surface area (Å²) in [7, 11) is -3.76. The monoisotopic (exact) mass is 347 g/mol. The number of hydrogen-bond acceptors (Lipinski definition) is 2. The first-order valence-corrected chi connectivity index (χ1v) is 8.71. The topological polar surface area (TPSA) is 46.2 Å². The lowest BCUT2D eigenvalue weighted by Crippen LogP contribution is -2.38. The van der Waals surface area contributed by atoms with Crippen molar-refractivity contribution in [2.24, 2.45) is 11.8 Å². The van der Waals surface area contributed by atoms with E-state index in [2.05, 4.69) is 20.7 Å². The minimum Gasteiger partial charge on any atom is -0.208 e. The highest BCUT2D eigenvalue weighted by atomic mass is 79.9. The van der Waals surface area contributed by atoms with Gasteiger partial charge in [0, 0.05) is 10.5 Å². The molecule has 0 aliphatic heterocycles. The molecular formula is C13H15BrFNO2S. The van der Waals surface area contributed by atoms with Crippen molar-refractivity contribution < 1.29 is 12.8 Å². The number of nitrogens with one attached hydrogen (secondary N) is 1. The van der Waals surface area contributed by atoms with Gasteiger partial charge in [0.2, 0.25) is 10.0 Å².